The van der Waals surface area contributed by atoms with Crippen molar-refractivity contribution in [2.45, 2.75) is 11.8 Å². The molecule has 0 bridgehead atoms. The van der Waals surface area contributed by atoms with Crippen LogP contribution in [-0.4, -0.2) is 57.9 Å². The van der Waals surface area contributed by atoms with Gasteiger partial charge in [0.1, 0.15) is 19.0 Å². The standard InChI is InChI=1S/C20H21FN2O5S/c1-14(24)15-2-4-18(17(21)12-15)22-6-8-23(9-7-22)29(25,26)16-3-5-19-20(13-16)28-11-10-27-19/h2-5,12-13H,6-11H2,1H3. The molecule has 0 amide bonds. The molecular weight excluding hydrogens is 399 g/mol. The Kier molecular flexibility index (Phi) is 5.18. The minimum Gasteiger partial charge on any atom is -0.486 e. The van der Waals surface area contributed by atoms with Crippen LogP contribution in [0.5, 0.6) is 11.5 Å². The molecule has 9 heteroatoms. The van der Waals surface area contributed by atoms with Gasteiger partial charge in [-0.15, -0.1) is 0 Å². The Hall–Kier alpha value is -2.65. The fourth-order valence-corrected chi connectivity index (χ4v) is 4.92. The van der Waals surface area contributed by atoms with Gasteiger partial charge in [-0.2, -0.15) is 4.31 Å². The second kappa shape index (κ2) is 7.64. The maximum absolute atomic E-state index is 14.4. The first-order chi connectivity index (χ1) is 13.9. The van der Waals surface area contributed by atoms with Crippen molar-refractivity contribution in [3.8, 4) is 11.5 Å². The molecule has 2 aliphatic heterocycles. The molecule has 2 heterocycles. The van der Waals surface area contributed by atoms with Crippen molar-refractivity contribution < 1.29 is 27.1 Å². The number of Topliss-reactive ketones (excluding diaryl/α,β-unsaturated/α-hetero) is 1. The van der Waals surface area contributed by atoms with E-state index in [-0.39, 0.29) is 23.8 Å². The average Bonchev–Trinajstić information content (AvgIpc) is 2.73. The van der Waals surface area contributed by atoms with Crippen LogP contribution in [-0.2, 0) is 10.0 Å². The van der Waals surface area contributed by atoms with Gasteiger partial charge in [0.2, 0.25) is 10.0 Å². The molecule has 154 valence electrons. The number of nitrogens with zero attached hydrogens (tertiary/aromatic N) is 2. The van der Waals surface area contributed by atoms with Crippen molar-refractivity contribution in [1.29, 1.82) is 0 Å². The lowest BCUT2D eigenvalue weighted by Crippen LogP contribution is -2.48. The summed E-state index contributed by atoms with van der Waals surface area (Å²) in [7, 11) is -3.70. The van der Waals surface area contributed by atoms with Crippen LogP contribution in [0.15, 0.2) is 41.3 Å². The molecule has 1 saturated heterocycles. The summed E-state index contributed by atoms with van der Waals surface area (Å²) in [6.45, 7) is 3.35. The lowest BCUT2D eigenvalue weighted by molar-refractivity contribution is 0.101. The summed E-state index contributed by atoms with van der Waals surface area (Å²) in [6.07, 6.45) is 0. The summed E-state index contributed by atoms with van der Waals surface area (Å²) in [5, 5.41) is 0. The van der Waals surface area contributed by atoms with Crippen LogP contribution in [0.4, 0.5) is 10.1 Å². The van der Waals surface area contributed by atoms with Gasteiger partial charge in [-0.3, -0.25) is 4.79 Å². The summed E-state index contributed by atoms with van der Waals surface area (Å²) >= 11 is 0. The Morgan fingerprint density at radius 3 is 2.31 bits per heavy atom. The number of carbonyl (C=O) groups excluding carboxylic acids is 1. The number of rotatable bonds is 4. The summed E-state index contributed by atoms with van der Waals surface area (Å²) in [5.41, 5.74) is 0.678. The van der Waals surface area contributed by atoms with E-state index in [4.69, 9.17) is 9.47 Å². The van der Waals surface area contributed by atoms with Crippen molar-refractivity contribution in [2.75, 3.05) is 44.3 Å². The third-order valence-corrected chi connectivity index (χ3v) is 6.98. The van der Waals surface area contributed by atoms with Gasteiger partial charge in [0.05, 0.1) is 10.6 Å². The highest BCUT2D eigenvalue weighted by molar-refractivity contribution is 7.89. The van der Waals surface area contributed by atoms with Gasteiger partial charge >= 0.3 is 0 Å². The fraction of sp³-hybridized carbons (Fsp3) is 0.350. The number of hydrogen-bond donors (Lipinski definition) is 0. The fourth-order valence-electron chi connectivity index (χ4n) is 3.48. The molecule has 2 aromatic rings. The summed E-state index contributed by atoms with van der Waals surface area (Å²) < 4.78 is 52.7. The molecule has 0 N–H and O–H groups in total. The first-order valence-electron chi connectivity index (χ1n) is 9.31. The number of halogens is 1. The van der Waals surface area contributed by atoms with Crippen molar-refractivity contribution in [1.82, 2.24) is 4.31 Å². The molecule has 29 heavy (non-hydrogen) atoms. The zero-order chi connectivity index (χ0) is 20.6. The maximum Gasteiger partial charge on any atom is 0.243 e. The lowest BCUT2D eigenvalue weighted by atomic mass is 10.1. The van der Waals surface area contributed by atoms with Crippen LogP contribution in [0.1, 0.15) is 17.3 Å². The number of piperazine rings is 1. The highest BCUT2D eigenvalue weighted by Gasteiger charge is 2.30. The Morgan fingerprint density at radius 2 is 1.66 bits per heavy atom. The first-order valence-corrected chi connectivity index (χ1v) is 10.8. The Balaban J connectivity index is 1.48. The van der Waals surface area contributed by atoms with E-state index in [2.05, 4.69) is 0 Å². The predicted octanol–water partition coefficient (Wildman–Crippen LogP) is 2.31. The van der Waals surface area contributed by atoms with Crippen molar-refractivity contribution in [3.05, 3.63) is 47.8 Å². The number of ether oxygens (including phenoxy) is 2. The van der Waals surface area contributed by atoms with Crippen LogP contribution >= 0.6 is 0 Å². The molecule has 0 aliphatic carbocycles. The molecular formula is C20H21FN2O5S. The molecule has 4 rings (SSSR count). The minimum absolute atomic E-state index is 0.146. The highest BCUT2D eigenvalue weighted by atomic mass is 32.2. The maximum atomic E-state index is 14.4. The van der Waals surface area contributed by atoms with E-state index in [1.54, 1.807) is 23.1 Å². The molecule has 0 radical (unpaired) electrons. The number of fused-ring (bicyclic) bond motifs is 1. The zero-order valence-corrected chi connectivity index (χ0v) is 16.7. The number of benzene rings is 2. The van der Waals surface area contributed by atoms with Crippen LogP contribution < -0.4 is 14.4 Å². The summed E-state index contributed by atoms with van der Waals surface area (Å²) in [5.74, 6) is 0.264. The summed E-state index contributed by atoms with van der Waals surface area (Å²) in [4.78, 5) is 13.3. The smallest absolute Gasteiger partial charge is 0.243 e. The van der Waals surface area contributed by atoms with E-state index in [0.717, 1.165) is 0 Å². The van der Waals surface area contributed by atoms with Gasteiger partial charge < -0.3 is 14.4 Å². The van der Waals surface area contributed by atoms with Crippen molar-refractivity contribution in [2.24, 2.45) is 0 Å². The van der Waals surface area contributed by atoms with Gasteiger partial charge in [-0.1, -0.05) is 0 Å². The van der Waals surface area contributed by atoms with Gasteiger partial charge in [0, 0.05) is 37.8 Å². The predicted molar refractivity (Wildman–Crippen MR) is 105 cm³/mol. The SMILES string of the molecule is CC(=O)c1ccc(N2CCN(S(=O)(=O)c3ccc4c(c3)OCCO4)CC2)c(F)c1. The van der Waals surface area contributed by atoms with E-state index in [9.17, 15) is 17.6 Å². The third-order valence-electron chi connectivity index (χ3n) is 5.08. The van der Waals surface area contributed by atoms with Crippen molar-refractivity contribution >= 4 is 21.5 Å². The van der Waals surface area contributed by atoms with Crippen molar-refractivity contribution in [3.63, 3.8) is 0 Å². The number of hydrogen-bond acceptors (Lipinski definition) is 6. The lowest BCUT2D eigenvalue weighted by Gasteiger charge is -2.35. The second-order valence-corrected chi connectivity index (χ2v) is 8.86. The largest absolute Gasteiger partial charge is 0.486 e. The quantitative estimate of drug-likeness (QED) is 0.707. The molecule has 0 unspecified atom stereocenters. The Labute approximate surface area is 168 Å². The minimum atomic E-state index is -3.70. The van der Waals surface area contributed by atoms with E-state index in [1.807, 2.05) is 0 Å². The number of carbonyl (C=O) groups is 1. The van der Waals surface area contributed by atoms with E-state index < -0.39 is 15.8 Å². The molecule has 7 nitrogen and oxygen atoms in total. The molecule has 0 saturated carbocycles. The topological polar surface area (TPSA) is 76.2 Å². The van der Waals surface area contributed by atoms with Gasteiger partial charge in [0.25, 0.3) is 0 Å². The molecule has 1 fully saturated rings. The number of ketones is 1. The second-order valence-electron chi connectivity index (χ2n) is 6.92. The Bertz CT molecular complexity index is 1050. The van der Waals surface area contributed by atoms with Crippen LogP contribution in [0.25, 0.3) is 0 Å². The first kappa shape index (κ1) is 19.7. The normalized spacial score (nSPS) is 17.2. The van der Waals surface area contributed by atoms with Crippen LogP contribution in [0.3, 0.4) is 0 Å². The van der Waals surface area contributed by atoms with Crippen LogP contribution in [0, 0.1) is 5.82 Å². The monoisotopic (exact) mass is 420 g/mol. The van der Waals surface area contributed by atoms with E-state index in [0.29, 0.717) is 49.1 Å². The van der Waals surface area contributed by atoms with E-state index in [1.165, 1.54) is 29.4 Å². The summed E-state index contributed by atoms with van der Waals surface area (Å²) in [6, 6.07) is 8.96. The van der Waals surface area contributed by atoms with Gasteiger partial charge in [-0.05, 0) is 37.3 Å². The van der Waals surface area contributed by atoms with Crippen LogP contribution in [0.2, 0.25) is 0 Å². The average molecular weight is 420 g/mol. The zero-order valence-electron chi connectivity index (χ0n) is 15.9. The van der Waals surface area contributed by atoms with Gasteiger partial charge in [-0.25, -0.2) is 12.8 Å². The van der Waals surface area contributed by atoms with Gasteiger partial charge in [0.15, 0.2) is 17.3 Å². The van der Waals surface area contributed by atoms with E-state index >= 15 is 0 Å². The number of anilines is 1. The molecule has 2 aliphatic rings. The number of sulfonamides is 1. The third kappa shape index (κ3) is 3.79. The Morgan fingerprint density at radius 1 is 0.966 bits per heavy atom. The molecule has 0 spiro atoms. The molecule has 0 atom stereocenters. The molecule has 0 aromatic heterocycles. The highest BCUT2D eigenvalue weighted by Crippen LogP contribution is 2.33. The molecule has 2 aromatic carbocycles.